The first-order valence-corrected chi connectivity index (χ1v) is 7.21. The van der Waals surface area contributed by atoms with Gasteiger partial charge in [0.05, 0.1) is 0 Å². The Morgan fingerprint density at radius 2 is 1.88 bits per heavy atom. The largest absolute Gasteiger partial charge is 0.481 e. The fraction of sp³-hybridized carbons (Fsp3) is 0.929. The van der Waals surface area contributed by atoms with Crippen LogP contribution in [0.25, 0.3) is 0 Å². The molecule has 0 aromatic carbocycles. The summed E-state index contributed by atoms with van der Waals surface area (Å²) in [6.45, 7) is 2.40. The molecular formula is C14H25NO2. The van der Waals surface area contributed by atoms with Crippen molar-refractivity contribution >= 4 is 5.97 Å². The van der Waals surface area contributed by atoms with Gasteiger partial charge in [-0.15, -0.1) is 0 Å². The normalized spacial score (nSPS) is 28.1. The lowest BCUT2D eigenvalue weighted by Crippen LogP contribution is -2.43. The zero-order chi connectivity index (χ0) is 12.1. The van der Waals surface area contributed by atoms with Crippen molar-refractivity contribution in [1.29, 1.82) is 0 Å². The number of likely N-dealkylation sites (tertiary alicyclic amines) is 1. The number of piperidine rings is 1. The molecule has 2 aliphatic rings. The van der Waals surface area contributed by atoms with Gasteiger partial charge in [0.15, 0.2) is 0 Å². The molecular weight excluding hydrogens is 214 g/mol. The average molecular weight is 239 g/mol. The Morgan fingerprint density at radius 3 is 2.59 bits per heavy atom. The number of hydrogen-bond donors (Lipinski definition) is 1. The fourth-order valence-corrected chi connectivity index (χ4v) is 3.44. The van der Waals surface area contributed by atoms with Crippen LogP contribution < -0.4 is 0 Å². The highest BCUT2D eigenvalue weighted by Gasteiger charge is 2.26. The van der Waals surface area contributed by atoms with Crippen molar-refractivity contribution in [3.63, 3.8) is 0 Å². The molecule has 2 fully saturated rings. The van der Waals surface area contributed by atoms with E-state index in [0.717, 1.165) is 19.0 Å². The second kappa shape index (κ2) is 6.39. The van der Waals surface area contributed by atoms with Gasteiger partial charge in [-0.2, -0.15) is 0 Å². The molecule has 1 aliphatic heterocycles. The average Bonchev–Trinajstić information content (AvgIpc) is 2.38. The van der Waals surface area contributed by atoms with E-state index in [4.69, 9.17) is 5.11 Å². The van der Waals surface area contributed by atoms with Crippen molar-refractivity contribution in [1.82, 2.24) is 4.90 Å². The van der Waals surface area contributed by atoms with Crippen LogP contribution in [-0.4, -0.2) is 35.1 Å². The summed E-state index contributed by atoms with van der Waals surface area (Å²) in [4.78, 5) is 13.3. The number of carboxylic acid groups (broad SMARTS) is 1. The van der Waals surface area contributed by atoms with Crippen LogP contribution in [0.2, 0.25) is 0 Å². The molecule has 1 aliphatic carbocycles. The summed E-state index contributed by atoms with van der Waals surface area (Å²) in [7, 11) is 0. The van der Waals surface area contributed by atoms with E-state index >= 15 is 0 Å². The highest BCUT2D eigenvalue weighted by atomic mass is 16.4. The minimum Gasteiger partial charge on any atom is -0.481 e. The number of aliphatic carboxylic acids is 1. The standard InChI is InChI=1S/C14H25NO2/c16-14(17)9-8-12-5-4-10-15(11-12)13-6-2-1-3-7-13/h12-13H,1-11H2,(H,16,17). The number of hydrogen-bond acceptors (Lipinski definition) is 2. The molecule has 1 saturated heterocycles. The lowest BCUT2D eigenvalue weighted by Gasteiger charge is -2.40. The molecule has 0 aromatic rings. The van der Waals surface area contributed by atoms with E-state index in [9.17, 15) is 4.79 Å². The Kier molecular flexibility index (Phi) is 4.84. The van der Waals surface area contributed by atoms with Gasteiger partial charge < -0.3 is 10.0 Å². The van der Waals surface area contributed by atoms with E-state index in [1.165, 1.54) is 51.5 Å². The predicted octanol–water partition coefficient (Wildman–Crippen LogP) is 2.90. The highest BCUT2D eigenvalue weighted by Crippen LogP contribution is 2.28. The van der Waals surface area contributed by atoms with Gasteiger partial charge in [0.2, 0.25) is 0 Å². The molecule has 0 aromatic heterocycles. The summed E-state index contributed by atoms with van der Waals surface area (Å²) in [6, 6.07) is 0.802. The molecule has 0 radical (unpaired) electrons. The molecule has 1 saturated carbocycles. The molecule has 17 heavy (non-hydrogen) atoms. The van der Waals surface area contributed by atoms with Crippen molar-refractivity contribution < 1.29 is 9.90 Å². The van der Waals surface area contributed by atoms with E-state index in [1.54, 1.807) is 0 Å². The molecule has 1 N–H and O–H groups in total. The summed E-state index contributed by atoms with van der Waals surface area (Å²) in [6.07, 6.45) is 10.6. The molecule has 0 spiro atoms. The third-order valence-corrected chi connectivity index (χ3v) is 4.41. The van der Waals surface area contributed by atoms with E-state index in [2.05, 4.69) is 4.90 Å². The molecule has 2 rings (SSSR count). The third-order valence-electron chi connectivity index (χ3n) is 4.41. The maximum Gasteiger partial charge on any atom is 0.303 e. The van der Waals surface area contributed by atoms with Crippen LogP contribution in [0, 0.1) is 5.92 Å². The van der Waals surface area contributed by atoms with Gasteiger partial charge in [0.25, 0.3) is 0 Å². The molecule has 1 heterocycles. The van der Waals surface area contributed by atoms with Crippen molar-refractivity contribution in [3.05, 3.63) is 0 Å². The first-order valence-electron chi connectivity index (χ1n) is 7.21. The van der Waals surface area contributed by atoms with Gasteiger partial charge in [0.1, 0.15) is 0 Å². The zero-order valence-corrected chi connectivity index (χ0v) is 10.7. The lowest BCUT2D eigenvalue weighted by molar-refractivity contribution is -0.137. The fourth-order valence-electron chi connectivity index (χ4n) is 3.44. The summed E-state index contributed by atoms with van der Waals surface area (Å²) in [5.41, 5.74) is 0. The summed E-state index contributed by atoms with van der Waals surface area (Å²) < 4.78 is 0. The van der Waals surface area contributed by atoms with Crippen molar-refractivity contribution in [2.45, 2.75) is 63.8 Å². The molecule has 98 valence electrons. The first kappa shape index (κ1) is 12.9. The molecule has 1 unspecified atom stereocenters. The minimum absolute atomic E-state index is 0.350. The van der Waals surface area contributed by atoms with Gasteiger partial charge >= 0.3 is 5.97 Å². The van der Waals surface area contributed by atoms with Crippen molar-refractivity contribution in [3.8, 4) is 0 Å². The molecule has 0 amide bonds. The summed E-state index contributed by atoms with van der Waals surface area (Å²) in [5, 5.41) is 8.75. The van der Waals surface area contributed by atoms with Crippen LogP contribution in [0.15, 0.2) is 0 Å². The van der Waals surface area contributed by atoms with Crippen LogP contribution in [0.4, 0.5) is 0 Å². The number of carboxylic acids is 1. The van der Waals surface area contributed by atoms with Crippen molar-refractivity contribution in [2.24, 2.45) is 5.92 Å². The van der Waals surface area contributed by atoms with Gasteiger partial charge in [0, 0.05) is 19.0 Å². The number of nitrogens with zero attached hydrogens (tertiary/aromatic N) is 1. The van der Waals surface area contributed by atoms with Crippen LogP contribution in [0.3, 0.4) is 0 Å². The van der Waals surface area contributed by atoms with Crippen molar-refractivity contribution in [2.75, 3.05) is 13.1 Å². The van der Waals surface area contributed by atoms with E-state index in [0.29, 0.717) is 12.3 Å². The van der Waals surface area contributed by atoms with Crippen LogP contribution >= 0.6 is 0 Å². The van der Waals surface area contributed by atoms with Crippen LogP contribution in [-0.2, 0) is 4.79 Å². The monoisotopic (exact) mass is 239 g/mol. The SMILES string of the molecule is O=C(O)CCC1CCCN(C2CCCCC2)C1. The third kappa shape index (κ3) is 3.98. The first-order chi connectivity index (χ1) is 8.25. The van der Waals surface area contributed by atoms with Crippen LogP contribution in [0.1, 0.15) is 57.8 Å². The smallest absolute Gasteiger partial charge is 0.303 e. The maximum absolute atomic E-state index is 10.6. The Labute approximate surface area is 104 Å². The minimum atomic E-state index is -0.639. The van der Waals surface area contributed by atoms with E-state index < -0.39 is 5.97 Å². The van der Waals surface area contributed by atoms with Gasteiger partial charge in [-0.1, -0.05) is 19.3 Å². The van der Waals surface area contributed by atoms with Crippen LogP contribution in [0.5, 0.6) is 0 Å². The zero-order valence-electron chi connectivity index (χ0n) is 10.7. The molecule has 3 nitrogen and oxygen atoms in total. The van der Waals surface area contributed by atoms with Gasteiger partial charge in [-0.25, -0.2) is 0 Å². The van der Waals surface area contributed by atoms with E-state index in [1.807, 2.05) is 0 Å². The van der Waals surface area contributed by atoms with Gasteiger partial charge in [-0.05, 0) is 44.6 Å². The molecule has 1 atom stereocenters. The lowest BCUT2D eigenvalue weighted by atomic mass is 9.88. The molecule has 0 bridgehead atoms. The van der Waals surface area contributed by atoms with E-state index in [-0.39, 0.29) is 0 Å². The van der Waals surface area contributed by atoms with Gasteiger partial charge in [-0.3, -0.25) is 4.79 Å². The second-order valence-corrected chi connectivity index (χ2v) is 5.73. The Hall–Kier alpha value is -0.570. The molecule has 3 heteroatoms. The highest BCUT2D eigenvalue weighted by molar-refractivity contribution is 5.66. The second-order valence-electron chi connectivity index (χ2n) is 5.73. The Bertz CT molecular complexity index is 249. The Morgan fingerprint density at radius 1 is 1.12 bits per heavy atom. The number of carbonyl (C=O) groups is 1. The maximum atomic E-state index is 10.6. The quantitative estimate of drug-likeness (QED) is 0.820. The summed E-state index contributed by atoms with van der Waals surface area (Å²) >= 11 is 0. The Balaban J connectivity index is 1.77. The number of rotatable bonds is 4. The topological polar surface area (TPSA) is 40.5 Å². The predicted molar refractivity (Wildman–Crippen MR) is 68.0 cm³/mol. The summed E-state index contributed by atoms with van der Waals surface area (Å²) in [5.74, 6) is -0.0124.